The average molecular weight is 544 g/mol. The molecule has 2 aromatic heterocycles. The zero-order valence-electron chi connectivity index (χ0n) is 22.6. The van der Waals surface area contributed by atoms with Crippen molar-refractivity contribution in [2.24, 2.45) is 0 Å². The Bertz CT molecular complexity index is 1890. The number of hydrogen-bond acceptors (Lipinski definition) is 5. The molecule has 3 aromatic carbocycles. The SMILES string of the molecule is Cc1cc(C=C2C(=O)N(c3ccccc3)C(=O)N(c3ccccc3)C2=O)c(C)n1-n1c(C)nc2ccccc2c1=O. The second-order valence-corrected chi connectivity index (χ2v) is 9.72. The average Bonchev–Trinajstić information content (AvgIpc) is 3.24. The summed E-state index contributed by atoms with van der Waals surface area (Å²) in [7, 11) is 0. The first kappa shape index (κ1) is 25.7. The summed E-state index contributed by atoms with van der Waals surface area (Å²) >= 11 is 0. The molecule has 6 rings (SSSR count). The number of carbonyl (C=O) groups excluding carboxylic acids is 3. The molecular weight excluding hydrogens is 518 g/mol. The van der Waals surface area contributed by atoms with E-state index in [1.807, 2.05) is 13.0 Å². The van der Waals surface area contributed by atoms with E-state index in [1.165, 1.54) is 10.8 Å². The highest BCUT2D eigenvalue weighted by atomic mass is 16.2. The van der Waals surface area contributed by atoms with Crippen molar-refractivity contribution < 1.29 is 14.4 Å². The lowest BCUT2D eigenvalue weighted by molar-refractivity contribution is -0.121. The molecule has 0 aliphatic carbocycles. The second kappa shape index (κ2) is 9.87. The fourth-order valence-electron chi connectivity index (χ4n) is 5.20. The van der Waals surface area contributed by atoms with E-state index < -0.39 is 17.8 Å². The number of anilines is 2. The Balaban J connectivity index is 1.52. The molecule has 0 unspecified atom stereocenters. The van der Waals surface area contributed by atoms with Gasteiger partial charge in [0.2, 0.25) is 0 Å². The van der Waals surface area contributed by atoms with E-state index in [0.717, 1.165) is 9.80 Å². The van der Waals surface area contributed by atoms with Gasteiger partial charge in [0.25, 0.3) is 17.4 Å². The molecule has 1 fully saturated rings. The fourth-order valence-corrected chi connectivity index (χ4v) is 5.20. The number of para-hydroxylation sites is 3. The lowest BCUT2D eigenvalue weighted by atomic mass is 10.0. The van der Waals surface area contributed by atoms with Crippen LogP contribution in [-0.4, -0.2) is 32.2 Å². The second-order valence-electron chi connectivity index (χ2n) is 9.72. The number of benzene rings is 3. The number of barbiturate groups is 1. The van der Waals surface area contributed by atoms with Crippen molar-refractivity contribution in [3.8, 4) is 0 Å². The van der Waals surface area contributed by atoms with Crippen LogP contribution in [0.3, 0.4) is 0 Å². The molecule has 9 nitrogen and oxygen atoms in total. The van der Waals surface area contributed by atoms with Crippen molar-refractivity contribution in [1.82, 2.24) is 14.3 Å². The van der Waals surface area contributed by atoms with Crippen LogP contribution in [0.1, 0.15) is 22.8 Å². The van der Waals surface area contributed by atoms with Gasteiger partial charge >= 0.3 is 6.03 Å². The summed E-state index contributed by atoms with van der Waals surface area (Å²) in [4.78, 5) is 61.2. The molecule has 1 aliphatic heterocycles. The number of carbonyl (C=O) groups is 3. The van der Waals surface area contributed by atoms with Crippen LogP contribution < -0.4 is 15.4 Å². The Morgan fingerprint density at radius 2 is 1.20 bits per heavy atom. The monoisotopic (exact) mass is 543 g/mol. The summed E-state index contributed by atoms with van der Waals surface area (Å²) in [5.41, 5.74) is 2.73. The zero-order valence-corrected chi connectivity index (χ0v) is 22.6. The lowest BCUT2D eigenvalue weighted by Crippen LogP contribution is -2.57. The molecule has 0 bridgehead atoms. The molecule has 1 saturated heterocycles. The molecule has 5 aromatic rings. The maximum absolute atomic E-state index is 13.8. The maximum atomic E-state index is 13.8. The summed E-state index contributed by atoms with van der Waals surface area (Å²) in [5.74, 6) is -0.983. The van der Waals surface area contributed by atoms with E-state index in [4.69, 9.17) is 0 Å². The largest absolute Gasteiger partial charge is 0.343 e. The Morgan fingerprint density at radius 1 is 0.659 bits per heavy atom. The zero-order chi connectivity index (χ0) is 28.8. The topological polar surface area (TPSA) is 97.5 Å². The van der Waals surface area contributed by atoms with Gasteiger partial charge in [0.15, 0.2) is 0 Å². The minimum Gasteiger partial charge on any atom is -0.268 e. The van der Waals surface area contributed by atoms with Gasteiger partial charge in [0.1, 0.15) is 11.4 Å². The summed E-state index contributed by atoms with van der Waals surface area (Å²) in [6.45, 7) is 5.38. The van der Waals surface area contributed by atoms with Gasteiger partial charge < -0.3 is 0 Å². The Morgan fingerprint density at radius 3 is 1.78 bits per heavy atom. The van der Waals surface area contributed by atoms with Crippen LogP contribution in [0.25, 0.3) is 17.0 Å². The van der Waals surface area contributed by atoms with Gasteiger partial charge in [-0.25, -0.2) is 19.6 Å². The predicted molar refractivity (Wildman–Crippen MR) is 157 cm³/mol. The normalized spacial score (nSPS) is 13.8. The summed E-state index contributed by atoms with van der Waals surface area (Å²) in [6, 6.07) is 25.1. The van der Waals surface area contributed by atoms with Crippen LogP contribution in [0.15, 0.2) is 101 Å². The van der Waals surface area contributed by atoms with Crippen LogP contribution in [0.4, 0.5) is 16.2 Å². The third-order valence-electron chi connectivity index (χ3n) is 7.13. The number of rotatable bonds is 4. The highest BCUT2D eigenvalue weighted by Gasteiger charge is 2.43. The van der Waals surface area contributed by atoms with Gasteiger partial charge in [-0.3, -0.25) is 19.1 Å². The van der Waals surface area contributed by atoms with Crippen LogP contribution in [0.5, 0.6) is 0 Å². The first-order valence-electron chi connectivity index (χ1n) is 13.0. The fraction of sp³-hybridized carbons (Fsp3) is 0.0938. The number of hydrogen-bond donors (Lipinski definition) is 0. The molecule has 4 amide bonds. The molecule has 0 saturated carbocycles. The van der Waals surface area contributed by atoms with Crippen LogP contribution in [0.2, 0.25) is 0 Å². The number of urea groups is 1. The number of aryl methyl sites for hydroxylation is 2. The molecule has 0 spiro atoms. The van der Waals surface area contributed by atoms with Crippen molar-refractivity contribution >= 4 is 46.2 Å². The molecule has 3 heterocycles. The summed E-state index contributed by atoms with van der Waals surface area (Å²) in [5, 5.41) is 0.471. The van der Waals surface area contributed by atoms with E-state index in [2.05, 4.69) is 4.98 Å². The van der Waals surface area contributed by atoms with Crippen molar-refractivity contribution in [2.45, 2.75) is 20.8 Å². The molecule has 1 aliphatic rings. The Hall–Kier alpha value is -5.57. The molecule has 0 atom stereocenters. The lowest BCUT2D eigenvalue weighted by Gasteiger charge is -2.33. The third kappa shape index (κ3) is 4.15. The van der Waals surface area contributed by atoms with Gasteiger partial charge in [-0.05, 0) is 74.9 Å². The molecule has 9 heteroatoms. The summed E-state index contributed by atoms with van der Waals surface area (Å²) in [6.07, 6.45) is 1.48. The number of aromatic nitrogens is 3. The highest BCUT2D eigenvalue weighted by molar-refractivity contribution is 6.46. The van der Waals surface area contributed by atoms with Crippen LogP contribution in [-0.2, 0) is 9.59 Å². The van der Waals surface area contributed by atoms with Gasteiger partial charge in [-0.1, -0.05) is 48.5 Å². The smallest absolute Gasteiger partial charge is 0.268 e. The van der Waals surface area contributed by atoms with Crippen LogP contribution in [0, 0.1) is 20.8 Å². The van der Waals surface area contributed by atoms with Gasteiger partial charge in [-0.15, -0.1) is 0 Å². The first-order valence-corrected chi connectivity index (χ1v) is 13.0. The predicted octanol–water partition coefficient (Wildman–Crippen LogP) is 5.02. The minimum atomic E-state index is -0.760. The molecular formula is C32H25N5O4. The number of amides is 4. The quantitative estimate of drug-likeness (QED) is 0.234. The maximum Gasteiger partial charge on any atom is 0.343 e. The van der Waals surface area contributed by atoms with Crippen molar-refractivity contribution in [3.63, 3.8) is 0 Å². The summed E-state index contributed by atoms with van der Waals surface area (Å²) < 4.78 is 3.20. The molecule has 41 heavy (non-hydrogen) atoms. The van der Waals surface area contributed by atoms with E-state index in [0.29, 0.717) is 45.1 Å². The standard InChI is InChI=1S/C32H25N5O4/c1-20-18-23(21(2)36(20)37-22(3)33-28-17-11-10-16-26(28)31(37)40)19-27-29(38)34(24-12-6-4-7-13-24)32(41)35(30(27)39)25-14-8-5-9-15-25/h4-19H,1-3H3. The number of nitrogens with zero attached hydrogens (tertiary/aromatic N) is 5. The Kier molecular flexibility index (Phi) is 6.19. The highest BCUT2D eigenvalue weighted by Crippen LogP contribution is 2.30. The number of imide groups is 2. The van der Waals surface area contributed by atoms with E-state index >= 15 is 0 Å². The molecule has 0 N–H and O–H groups in total. The van der Waals surface area contributed by atoms with Crippen molar-refractivity contribution in [2.75, 3.05) is 9.80 Å². The van der Waals surface area contributed by atoms with E-state index in [9.17, 15) is 19.2 Å². The minimum absolute atomic E-state index is 0.182. The van der Waals surface area contributed by atoms with Crippen molar-refractivity contribution in [3.05, 3.63) is 130 Å². The van der Waals surface area contributed by atoms with Crippen molar-refractivity contribution in [1.29, 1.82) is 0 Å². The Labute approximate surface area is 235 Å². The van der Waals surface area contributed by atoms with Gasteiger partial charge in [0.05, 0.1) is 22.3 Å². The third-order valence-corrected chi connectivity index (χ3v) is 7.13. The number of fused-ring (bicyclic) bond motifs is 1. The first-order chi connectivity index (χ1) is 19.8. The molecule has 0 radical (unpaired) electrons. The van der Waals surface area contributed by atoms with Gasteiger partial charge in [0, 0.05) is 11.4 Å². The van der Waals surface area contributed by atoms with Crippen LogP contribution >= 0.6 is 0 Å². The van der Waals surface area contributed by atoms with E-state index in [1.54, 1.807) is 103 Å². The molecule has 202 valence electrons. The van der Waals surface area contributed by atoms with Gasteiger partial charge in [-0.2, -0.15) is 4.68 Å². The van der Waals surface area contributed by atoms with E-state index in [-0.39, 0.29) is 11.1 Å².